The number of hydrogen-bond acceptors (Lipinski definition) is 5. The predicted molar refractivity (Wildman–Crippen MR) is 105 cm³/mol. The van der Waals surface area contributed by atoms with Crippen LogP contribution in [-0.4, -0.2) is 37.9 Å². The van der Waals surface area contributed by atoms with E-state index in [1.165, 1.54) is 0 Å². The van der Waals surface area contributed by atoms with Gasteiger partial charge in [0.25, 0.3) is 0 Å². The summed E-state index contributed by atoms with van der Waals surface area (Å²) in [5, 5.41) is 19.0. The fourth-order valence-corrected chi connectivity index (χ4v) is 4.93. The quantitative estimate of drug-likeness (QED) is 0.709. The number of aliphatic hydroxyl groups is 1. The Hall–Kier alpha value is -1.44. The van der Waals surface area contributed by atoms with Crippen molar-refractivity contribution in [3.63, 3.8) is 0 Å². The van der Waals surface area contributed by atoms with Crippen LogP contribution in [0.15, 0.2) is 29.9 Å². The van der Waals surface area contributed by atoms with E-state index in [1.54, 1.807) is 22.1 Å². The molecular formula is C18H18Cl2N4OS. The zero-order valence-corrected chi connectivity index (χ0v) is 16.7. The molecule has 0 spiro atoms. The van der Waals surface area contributed by atoms with E-state index < -0.39 is 6.10 Å². The van der Waals surface area contributed by atoms with Gasteiger partial charge in [-0.3, -0.25) is 9.58 Å². The molecule has 26 heavy (non-hydrogen) atoms. The van der Waals surface area contributed by atoms with Crippen LogP contribution >= 0.6 is 34.5 Å². The Bertz CT molecular complexity index is 955. The summed E-state index contributed by atoms with van der Waals surface area (Å²) in [5.41, 5.74) is 3.95. The normalized spacial score (nSPS) is 19.3. The summed E-state index contributed by atoms with van der Waals surface area (Å²) >= 11 is 14.1. The van der Waals surface area contributed by atoms with Crippen LogP contribution in [0.1, 0.15) is 22.9 Å². The van der Waals surface area contributed by atoms with Crippen LogP contribution in [0.4, 0.5) is 0 Å². The highest BCUT2D eigenvalue weighted by Crippen LogP contribution is 2.41. The van der Waals surface area contributed by atoms with Crippen molar-refractivity contribution in [2.75, 3.05) is 7.05 Å². The number of rotatable bonds is 4. The lowest BCUT2D eigenvalue weighted by atomic mass is 10.1. The molecule has 0 saturated heterocycles. The molecule has 0 unspecified atom stereocenters. The van der Waals surface area contributed by atoms with Crippen LogP contribution in [0.2, 0.25) is 10.0 Å². The fourth-order valence-electron chi connectivity index (χ4n) is 3.56. The van der Waals surface area contributed by atoms with Crippen LogP contribution in [-0.2, 0) is 20.0 Å². The molecule has 1 N–H and O–H groups in total. The molecule has 0 bridgehead atoms. The van der Waals surface area contributed by atoms with Crippen molar-refractivity contribution in [3.8, 4) is 10.6 Å². The minimum Gasteiger partial charge on any atom is -0.391 e. The number of halogens is 2. The lowest BCUT2D eigenvalue weighted by Gasteiger charge is -2.27. The summed E-state index contributed by atoms with van der Waals surface area (Å²) in [4.78, 5) is 6.81. The van der Waals surface area contributed by atoms with Gasteiger partial charge in [0.05, 0.1) is 24.0 Å². The van der Waals surface area contributed by atoms with Gasteiger partial charge >= 0.3 is 0 Å². The third-order valence-corrected chi connectivity index (χ3v) is 6.18. The average molecular weight is 409 g/mol. The molecule has 5 nitrogen and oxygen atoms in total. The number of aryl methyl sites for hydroxylation is 1. The maximum Gasteiger partial charge on any atom is 0.126 e. The van der Waals surface area contributed by atoms with Gasteiger partial charge in [-0.25, -0.2) is 4.98 Å². The van der Waals surface area contributed by atoms with Gasteiger partial charge in [0.1, 0.15) is 5.01 Å². The Kier molecular flexibility index (Phi) is 4.79. The minimum atomic E-state index is -0.512. The summed E-state index contributed by atoms with van der Waals surface area (Å²) in [6.45, 7) is 0.627. The van der Waals surface area contributed by atoms with Crippen LogP contribution in [0, 0.1) is 0 Å². The van der Waals surface area contributed by atoms with Crippen molar-refractivity contribution in [1.29, 1.82) is 0 Å². The predicted octanol–water partition coefficient (Wildman–Crippen LogP) is 3.94. The van der Waals surface area contributed by atoms with Gasteiger partial charge in [0, 0.05) is 47.2 Å². The van der Waals surface area contributed by atoms with Crippen LogP contribution in [0.25, 0.3) is 10.6 Å². The van der Waals surface area contributed by atoms with Gasteiger partial charge < -0.3 is 5.11 Å². The smallest absolute Gasteiger partial charge is 0.126 e. The Morgan fingerprint density at radius 2 is 2.19 bits per heavy atom. The number of likely N-dealkylation sites (N-methyl/N-ethyl adjacent to an activating group) is 1. The number of aliphatic hydroxyl groups excluding tert-OH is 1. The van der Waals surface area contributed by atoms with Gasteiger partial charge in [-0.1, -0.05) is 23.2 Å². The Morgan fingerprint density at radius 1 is 1.38 bits per heavy atom. The molecular weight excluding hydrogens is 391 g/mol. The molecule has 2 atom stereocenters. The zero-order chi connectivity index (χ0) is 18.4. The van der Waals surface area contributed by atoms with Gasteiger partial charge in [-0.15, -0.1) is 11.3 Å². The van der Waals surface area contributed by atoms with Crippen molar-refractivity contribution < 1.29 is 5.11 Å². The third kappa shape index (κ3) is 3.28. The summed E-state index contributed by atoms with van der Waals surface area (Å²) < 4.78 is 1.77. The number of hydrogen-bond donors (Lipinski definition) is 1. The highest BCUT2D eigenvalue weighted by molar-refractivity contribution is 7.13. The molecule has 4 rings (SSSR count). The molecule has 1 aliphatic carbocycles. The van der Waals surface area contributed by atoms with E-state index >= 15 is 0 Å². The molecule has 0 fully saturated rings. The van der Waals surface area contributed by atoms with Crippen molar-refractivity contribution in [2.24, 2.45) is 7.05 Å². The first-order valence-electron chi connectivity index (χ1n) is 8.22. The van der Waals surface area contributed by atoms with Crippen molar-refractivity contribution in [2.45, 2.75) is 25.1 Å². The molecule has 2 heterocycles. The first kappa shape index (κ1) is 17.9. The summed E-state index contributed by atoms with van der Waals surface area (Å²) in [5.74, 6) is 0. The number of aromatic nitrogens is 3. The fraction of sp³-hybridized carbons (Fsp3) is 0.333. The molecule has 1 aromatic carbocycles. The molecule has 3 aromatic rings. The SMILES string of the molecule is CN(Cc1csc(-c2cnn(C)c2)n1)[C@@H]1c2cc(Cl)cc(Cl)c2C[C@@H]1O. The lowest BCUT2D eigenvalue weighted by molar-refractivity contribution is 0.0719. The zero-order valence-electron chi connectivity index (χ0n) is 14.4. The average Bonchev–Trinajstić information content (AvgIpc) is 3.26. The van der Waals surface area contributed by atoms with Gasteiger partial charge in [-0.2, -0.15) is 5.10 Å². The van der Waals surface area contributed by atoms with Crippen LogP contribution in [0.3, 0.4) is 0 Å². The molecule has 0 amide bonds. The molecule has 136 valence electrons. The standard InChI is InChI=1S/C18H18Cl2N4OS/c1-23(8-12-9-26-18(22-12)10-6-21-24(2)7-10)17-14-3-11(19)4-15(20)13(14)5-16(17)25/h3-4,6-7,9,16-17,25H,5,8H2,1-2H3/t16-,17+/m0/s1. The Labute approximate surface area is 165 Å². The van der Waals surface area contributed by atoms with E-state index in [0.29, 0.717) is 23.0 Å². The minimum absolute atomic E-state index is 0.148. The lowest BCUT2D eigenvalue weighted by Crippen LogP contribution is -2.30. The second-order valence-corrected chi connectivity index (χ2v) is 8.34. The molecule has 0 radical (unpaired) electrons. The van der Waals surface area contributed by atoms with E-state index in [4.69, 9.17) is 28.2 Å². The topological polar surface area (TPSA) is 54.2 Å². The van der Waals surface area contributed by atoms with E-state index in [0.717, 1.165) is 27.4 Å². The second kappa shape index (κ2) is 6.94. The van der Waals surface area contributed by atoms with Crippen molar-refractivity contribution in [3.05, 3.63) is 56.8 Å². The van der Waals surface area contributed by atoms with E-state index in [2.05, 4.69) is 10.00 Å². The highest BCUT2D eigenvalue weighted by Gasteiger charge is 2.35. The first-order valence-corrected chi connectivity index (χ1v) is 9.85. The Morgan fingerprint density at radius 3 is 2.92 bits per heavy atom. The number of fused-ring (bicyclic) bond motifs is 1. The highest BCUT2D eigenvalue weighted by atomic mass is 35.5. The molecule has 8 heteroatoms. The van der Waals surface area contributed by atoms with Gasteiger partial charge in [0.15, 0.2) is 0 Å². The molecule has 0 saturated carbocycles. The van der Waals surface area contributed by atoms with Crippen molar-refractivity contribution >= 4 is 34.5 Å². The van der Waals surface area contributed by atoms with E-state index in [-0.39, 0.29) is 6.04 Å². The number of benzene rings is 1. The number of nitrogens with zero attached hydrogens (tertiary/aromatic N) is 4. The second-order valence-electron chi connectivity index (χ2n) is 6.63. The molecule has 1 aliphatic rings. The van der Waals surface area contributed by atoms with Crippen LogP contribution in [0.5, 0.6) is 0 Å². The van der Waals surface area contributed by atoms with E-state index in [9.17, 15) is 5.11 Å². The summed E-state index contributed by atoms with van der Waals surface area (Å²) in [6, 6.07) is 3.49. The molecule has 2 aromatic heterocycles. The Balaban J connectivity index is 1.56. The summed E-state index contributed by atoms with van der Waals surface area (Å²) in [6.07, 6.45) is 3.79. The first-order chi connectivity index (χ1) is 12.4. The maximum atomic E-state index is 10.6. The van der Waals surface area contributed by atoms with Gasteiger partial charge in [-0.05, 0) is 30.3 Å². The van der Waals surface area contributed by atoms with Gasteiger partial charge in [0.2, 0.25) is 0 Å². The summed E-state index contributed by atoms with van der Waals surface area (Å²) in [7, 11) is 3.88. The number of thiazole rings is 1. The monoisotopic (exact) mass is 408 g/mol. The van der Waals surface area contributed by atoms with Crippen molar-refractivity contribution in [1.82, 2.24) is 19.7 Å². The van der Waals surface area contributed by atoms with Crippen LogP contribution < -0.4 is 0 Å². The third-order valence-electron chi connectivity index (χ3n) is 4.68. The maximum absolute atomic E-state index is 10.6. The largest absolute Gasteiger partial charge is 0.391 e. The molecule has 0 aliphatic heterocycles. The van der Waals surface area contributed by atoms with E-state index in [1.807, 2.05) is 37.9 Å².